The number of ether oxygens (including phenoxy) is 1. The fourth-order valence-electron chi connectivity index (χ4n) is 3.91. The number of carbonyl (C=O) groups is 1. The van der Waals surface area contributed by atoms with Crippen molar-refractivity contribution >= 4 is 6.09 Å². The number of amides is 1. The summed E-state index contributed by atoms with van der Waals surface area (Å²) in [6.45, 7) is 0.247. The van der Waals surface area contributed by atoms with Crippen LogP contribution in [0.1, 0.15) is 29.0 Å². The van der Waals surface area contributed by atoms with Crippen LogP contribution in [-0.2, 0) is 11.2 Å². The lowest BCUT2D eigenvalue weighted by Crippen LogP contribution is -2.35. The fourth-order valence-corrected chi connectivity index (χ4v) is 3.91. The summed E-state index contributed by atoms with van der Waals surface area (Å²) in [5.74, 6) is 0.0120. The van der Waals surface area contributed by atoms with Gasteiger partial charge in [0.1, 0.15) is 12.6 Å². The van der Waals surface area contributed by atoms with E-state index in [1.54, 1.807) is 0 Å². The molecule has 4 rings (SSSR count). The van der Waals surface area contributed by atoms with Crippen LogP contribution in [0, 0.1) is 11.3 Å². The molecule has 0 saturated carbocycles. The van der Waals surface area contributed by atoms with Crippen LogP contribution in [0.3, 0.4) is 0 Å². The standard InChI is InChI=1S/C25H22N2O2/c26-16-19(15-14-18-8-2-1-3-9-18)27-25(28)29-17-24-22-12-6-4-10-20(22)21-11-5-7-13-23(21)24/h1-13,19,24H,14-15,17H2,(H,27,28)/t19-/m0/s1. The minimum Gasteiger partial charge on any atom is -0.449 e. The number of nitrogens with one attached hydrogen (secondary N) is 1. The van der Waals surface area contributed by atoms with Crippen molar-refractivity contribution < 1.29 is 9.53 Å². The molecule has 1 aliphatic carbocycles. The molecule has 1 amide bonds. The minimum atomic E-state index is -0.578. The summed E-state index contributed by atoms with van der Waals surface area (Å²) >= 11 is 0. The molecule has 0 bridgehead atoms. The van der Waals surface area contributed by atoms with Gasteiger partial charge in [-0.1, -0.05) is 78.9 Å². The van der Waals surface area contributed by atoms with Gasteiger partial charge in [0.15, 0.2) is 0 Å². The largest absolute Gasteiger partial charge is 0.449 e. The van der Waals surface area contributed by atoms with E-state index in [0.717, 1.165) is 12.0 Å². The normalized spacial score (nSPS) is 13.1. The van der Waals surface area contributed by atoms with Crippen molar-refractivity contribution in [1.29, 1.82) is 5.26 Å². The highest BCUT2D eigenvalue weighted by Gasteiger charge is 2.29. The molecular formula is C25H22N2O2. The number of aryl methyl sites for hydroxylation is 1. The average molecular weight is 382 g/mol. The minimum absolute atomic E-state index is 0.0120. The Labute approximate surface area is 170 Å². The van der Waals surface area contributed by atoms with Crippen molar-refractivity contribution in [1.82, 2.24) is 5.32 Å². The summed E-state index contributed by atoms with van der Waals surface area (Å²) < 4.78 is 5.52. The lowest BCUT2D eigenvalue weighted by molar-refractivity contribution is 0.140. The molecule has 0 fully saturated rings. The molecular weight excluding hydrogens is 360 g/mol. The monoisotopic (exact) mass is 382 g/mol. The molecule has 1 aliphatic rings. The van der Waals surface area contributed by atoms with E-state index in [4.69, 9.17) is 4.74 Å². The predicted octanol–water partition coefficient (Wildman–Crippen LogP) is 5.05. The van der Waals surface area contributed by atoms with Crippen molar-refractivity contribution in [3.05, 3.63) is 95.6 Å². The van der Waals surface area contributed by atoms with Gasteiger partial charge in [0.25, 0.3) is 0 Å². The van der Waals surface area contributed by atoms with Crippen molar-refractivity contribution in [2.75, 3.05) is 6.61 Å². The Balaban J connectivity index is 1.36. The second kappa shape index (κ2) is 8.62. The first-order valence-corrected chi connectivity index (χ1v) is 9.81. The number of hydrogen-bond acceptors (Lipinski definition) is 3. The molecule has 1 N–H and O–H groups in total. The van der Waals surface area contributed by atoms with E-state index in [0.29, 0.717) is 6.42 Å². The van der Waals surface area contributed by atoms with Gasteiger partial charge in [0.05, 0.1) is 6.07 Å². The molecule has 0 saturated heterocycles. The van der Waals surface area contributed by atoms with Gasteiger partial charge >= 0.3 is 6.09 Å². The van der Waals surface area contributed by atoms with Gasteiger partial charge in [-0.25, -0.2) is 4.79 Å². The molecule has 3 aromatic carbocycles. The lowest BCUT2D eigenvalue weighted by Gasteiger charge is -2.16. The fraction of sp³-hybridized carbons (Fsp3) is 0.200. The third kappa shape index (κ3) is 4.14. The van der Waals surface area contributed by atoms with Crippen LogP contribution in [0.15, 0.2) is 78.9 Å². The predicted molar refractivity (Wildman–Crippen MR) is 112 cm³/mol. The Morgan fingerprint density at radius 3 is 2.14 bits per heavy atom. The van der Waals surface area contributed by atoms with Crippen LogP contribution in [-0.4, -0.2) is 18.7 Å². The van der Waals surface area contributed by atoms with E-state index in [1.807, 2.05) is 54.6 Å². The smallest absolute Gasteiger partial charge is 0.408 e. The van der Waals surface area contributed by atoms with Gasteiger partial charge in [0.2, 0.25) is 0 Å². The molecule has 0 heterocycles. The number of carbonyl (C=O) groups excluding carboxylic acids is 1. The van der Waals surface area contributed by atoms with Gasteiger partial charge < -0.3 is 10.1 Å². The van der Waals surface area contributed by atoms with E-state index in [-0.39, 0.29) is 12.5 Å². The van der Waals surface area contributed by atoms with E-state index >= 15 is 0 Å². The summed E-state index contributed by atoms with van der Waals surface area (Å²) in [4.78, 5) is 12.3. The molecule has 0 radical (unpaired) electrons. The summed E-state index contributed by atoms with van der Waals surface area (Å²) in [6.07, 6.45) is 0.722. The Bertz CT molecular complexity index is 994. The maximum absolute atomic E-state index is 12.3. The molecule has 144 valence electrons. The molecule has 0 spiro atoms. The molecule has 0 unspecified atom stereocenters. The SMILES string of the molecule is N#C[C@H](CCc1ccccc1)NC(=O)OCC1c2ccccc2-c2ccccc21. The first kappa shape index (κ1) is 18.8. The van der Waals surface area contributed by atoms with Crippen LogP contribution in [0.5, 0.6) is 0 Å². The van der Waals surface area contributed by atoms with E-state index < -0.39 is 12.1 Å². The highest BCUT2D eigenvalue weighted by molar-refractivity contribution is 5.79. The molecule has 4 heteroatoms. The summed E-state index contributed by atoms with van der Waals surface area (Å²) in [6, 6.07) is 27.9. The summed E-state index contributed by atoms with van der Waals surface area (Å²) in [7, 11) is 0. The third-order valence-electron chi connectivity index (χ3n) is 5.36. The summed E-state index contributed by atoms with van der Waals surface area (Å²) in [5.41, 5.74) is 5.86. The zero-order chi connectivity index (χ0) is 20.1. The zero-order valence-corrected chi connectivity index (χ0v) is 16.0. The van der Waals surface area contributed by atoms with Crippen LogP contribution in [0.4, 0.5) is 4.79 Å². The Morgan fingerprint density at radius 1 is 0.931 bits per heavy atom. The lowest BCUT2D eigenvalue weighted by atomic mass is 9.98. The maximum atomic E-state index is 12.3. The first-order valence-electron chi connectivity index (χ1n) is 9.81. The van der Waals surface area contributed by atoms with Crippen LogP contribution in [0.25, 0.3) is 11.1 Å². The van der Waals surface area contributed by atoms with E-state index in [2.05, 4.69) is 35.7 Å². The number of rotatable bonds is 6. The Hall–Kier alpha value is -3.58. The molecule has 4 nitrogen and oxygen atoms in total. The second-order valence-electron chi connectivity index (χ2n) is 7.18. The van der Waals surface area contributed by atoms with Crippen LogP contribution >= 0.6 is 0 Å². The Kier molecular flexibility index (Phi) is 5.58. The first-order chi connectivity index (χ1) is 14.3. The number of hydrogen-bond donors (Lipinski definition) is 1. The Morgan fingerprint density at radius 2 is 1.52 bits per heavy atom. The quantitative estimate of drug-likeness (QED) is 0.649. The average Bonchev–Trinajstić information content (AvgIpc) is 3.09. The highest BCUT2D eigenvalue weighted by Crippen LogP contribution is 2.44. The highest BCUT2D eigenvalue weighted by atomic mass is 16.5. The number of nitrogens with zero attached hydrogens (tertiary/aromatic N) is 1. The molecule has 29 heavy (non-hydrogen) atoms. The van der Waals surface area contributed by atoms with Crippen molar-refractivity contribution in [2.45, 2.75) is 24.8 Å². The number of alkyl carbamates (subject to hydrolysis) is 1. The number of nitriles is 1. The van der Waals surface area contributed by atoms with Gasteiger partial charge in [-0.2, -0.15) is 5.26 Å². The van der Waals surface area contributed by atoms with Gasteiger partial charge in [-0.3, -0.25) is 0 Å². The second-order valence-corrected chi connectivity index (χ2v) is 7.18. The van der Waals surface area contributed by atoms with Crippen LogP contribution < -0.4 is 5.32 Å². The zero-order valence-electron chi connectivity index (χ0n) is 16.0. The van der Waals surface area contributed by atoms with Crippen molar-refractivity contribution in [3.8, 4) is 17.2 Å². The van der Waals surface area contributed by atoms with E-state index in [9.17, 15) is 10.1 Å². The number of fused-ring (bicyclic) bond motifs is 3. The molecule has 1 atom stereocenters. The van der Waals surface area contributed by atoms with Gasteiger partial charge in [0, 0.05) is 5.92 Å². The summed E-state index contributed by atoms with van der Waals surface area (Å²) in [5, 5.41) is 12.1. The van der Waals surface area contributed by atoms with Crippen LogP contribution in [0.2, 0.25) is 0 Å². The van der Waals surface area contributed by atoms with Crippen molar-refractivity contribution in [2.24, 2.45) is 0 Å². The molecule has 0 aromatic heterocycles. The van der Waals surface area contributed by atoms with E-state index in [1.165, 1.54) is 22.3 Å². The maximum Gasteiger partial charge on any atom is 0.408 e. The number of benzene rings is 3. The topological polar surface area (TPSA) is 62.1 Å². The third-order valence-corrected chi connectivity index (χ3v) is 5.36. The van der Waals surface area contributed by atoms with Gasteiger partial charge in [-0.05, 0) is 40.7 Å². The molecule has 0 aliphatic heterocycles. The van der Waals surface area contributed by atoms with Crippen molar-refractivity contribution in [3.63, 3.8) is 0 Å². The van der Waals surface area contributed by atoms with Gasteiger partial charge in [-0.15, -0.1) is 0 Å². The molecule has 3 aromatic rings.